The van der Waals surface area contributed by atoms with Crippen LogP contribution < -0.4 is 5.32 Å². The summed E-state index contributed by atoms with van der Waals surface area (Å²) in [5.41, 5.74) is 1.61. The van der Waals surface area contributed by atoms with Crippen LogP contribution in [0.1, 0.15) is 18.0 Å². The van der Waals surface area contributed by atoms with Gasteiger partial charge in [-0.15, -0.1) is 0 Å². The van der Waals surface area contributed by atoms with Gasteiger partial charge in [-0.1, -0.05) is 6.58 Å². The normalized spacial score (nSPS) is 12.1. The number of amides is 1. The number of carbonyl (C=O) groups excluding carboxylic acids is 1. The van der Waals surface area contributed by atoms with Crippen LogP contribution in [0.25, 0.3) is 0 Å². The molecule has 1 unspecified atom stereocenters. The summed E-state index contributed by atoms with van der Waals surface area (Å²) in [7, 11) is 3.97. The number of thiophene rings is 1. The number of likely N-dealkylation sites (N-methyl/N-ethyl adjacent to an activating group) is 1. The molecule has 0 aromatic carbocycles. The maximum atomic E-state index is 11.7. The van der Waals surface area contributed by atoms with Crippen molar-refractivity contribution in [2.75, 3.05) is 27.2 Å². The van der Waals surface area contributed by atoms with Crippen LogP contribution >= 0.6 is 11.3 Å². The largest absolute Gasteiger partial charge is 0.490 e. The third kappa shape index (κ3) is 9.22. The summed E-state index contributed by atoms with van der Waals surface area (Å²) in [6, 6.07) is 2.21. The lowest BCUT2D eigenvalue weighted by molar-refractivity contribution is -0.192. The second-order valence-electron chi connectivity index (χ2n) is 5.13. The maximum Gasteiger partial charge on any atom is 0.490 e. The Kier molecular flexibility index (Phi) is 10.0. The van der Waals surface area contributed by atoms with Gasteiger partial charge in [0.25, 0.3) is 0 Å². The molecule has 0 fully saturated rings. The number of hydrogen-bond donors (Lipinski definition) is 3. The van der Waals surface area contributed by atoms with Gasteiger partial charge in [0.1, 0.15) is 0 Å². The second kappa shape index (κ2) is 10.9. The van der Waals surface area contributed by atoms with Crippen LogP contribution in [-0.4, -0.2) is 60.4 Å². The Hall–Kier alpha value is -1.91. The summed E-state index contributed by atoms with van der Waals surface area (Å²) in [5.74, 6) is -2.95. The van der Waals surface area contributed by atoms with Gasteiger partial charge < -0.3 is 20.4 Å². The van der Waals surface area contributed by atoms with Gasteiger partial charge in [0.05, 0.1) is 6.04 Å². The van der Waals surface area contributed by atoms with E-state index in [-0.39, 0.29) is 18.6 Å². The van der Waals surface area contributed by atoms with Gasteiger partial charge in [0.2, 0.25) is 5.91 Å². The summed E-state index contributed by atoms with van der Waals surface area (Å²) >= 11 is 1.64. The van der Waals surface area contributed by atoms with Crippen molar-refractivity contribution in [1.82, 2.24) is 10.2 Å². The van der Waals surface area contributed by atoms with Crippen LogP contribution in [0.5, 0.6) is 0 Å². The lowest BCUT2D eigenvalue weighted by atomic mass is 10.1. The van der Waals surface area contributed by atoms with Crippen LogP contribution in [0.3, 0.4) is 0 Å². The lowest BCUT2D eigenvalue weighted by Gasteiger charge is -2.24. The van der Waals surface area contributed by atoms with Gasteiger partial charge in [0, 0.05) is 25.1 Å². The Morgan fingerprint density at radius 1 is 1.40 bits per heavy atom. The fourth-order valence-electron chi connectivity index (χ4n) is 1.63. The van der Waals surface area contributed by atoms with E-state index in [0.29, 0.717) is 18.5 Å². The van der Waals surface area contributed by atoms with Crippen LogP contribution in [0.4, 0.5) is 13.2 Å². The number of aliphatic hydroxyl groups is 1. The molecule has 1 amide bonds. The summed E-state index contributed by atoms with van der Waals surface area (Å²) in [6.45, 7) is 4.13. The minimum Gasteiger partial charge on any atom is -0.475 e. The fourth-order valence-corrected chi connectivity index (χ4v) is 2.33. The number of alkyl halides is 3. The molecule has 0 radical (unpaired) electrons. The number of rotatable bonds is 7. The molecule has 0 aliphatic carbocycles. The average Bonchev–Trinajstić information content (AvgIpc) is 3.00. The second-order valence-corrected chi connectivity index (χ2v) is 5.91. The Morgan fingerprint density at radius 3 is 2.32 bits per heavy atom. The molecule has 142 valence electrons. The molecular weight excluding hydrogens is 361 g/mol. The van der Waals surface area contributed by atoms with Crippen LogP contribution in [0.15, 0.2) is 29.0 Å². The number of halogens is 3. The minimum atomic E-state index is -5.08. The molecule has 0 saturated carbocycles. The molecule has 1 aromatic rings. The van der Waals surface area contributed by atoms with Gasteiger partial charge in [-0.3, -0.25) is 4.79 Å². The highest BCUT2D eigenvalue weighted by molar-refractivity contribution is 7.07. The molecule has 0 aliphatic heterocycles. The van der Waals surface area contributed by atoms with Crippen molar-refractivity contribution >= 4 is 23.2 Å². The Morgan fingerprint density at radius 2 is 1.96 bits per heavy atom. The van der Waals surface area contributed by atoms with Crippen LogP contribution in [-0.2, 0) is 9.59 Å². The molecule has 3 N–H and O–H groups in total. The summed E-state index contributed by atoms with van der Waals surface area (Å²) in [6.07, 6.45) is -4.77. The van der Waals surface area contributed by atoms with Crippen molar-refractivity contribution < 1.29 is 33.0 Å². The molecule has 25 heavy (non-hydrogen) atoms. The molecule has 0 spiro atoms. The van der Waals surface area contributed by atoms with Gasteiger partial charge >= 0.3 is 12.1 Å². The average molecular weight is 382 g/mol. The number of carboxylic acids is 1. The van der Waals surface area contributed by atoms with Crippen LogP contribution in [0.2, 0.25) is 0 Å². The molecule has 0 aliphatic rings. The standard InChI is InChI=1S/C13H20N2O2S.C2HF3O2/c1-10(4-6-16)13(17)14-8-12(15(2)3)11-5-7-18-9-11;3-2(4,5)1(6)7/h5,7,9,12,16H,1,4,6,8H2,2-3H3,(H,14,17);(H,6,7). The highest BCUT2D eigenvalue weighted by Gasteiger charge is 2.38. The maximum absolute atomic E-state index is 11.7. The van der Waals surface area contributed by atoms with E-state index in [1.165, 1.54) is 5.56 Å². The van der Waals surface area contributed by atoms with E-state index < -0.39 is 12.1 Å². The van der Waals surface area contributed by atoms with Crippen LogP contribution in [0, 0.1) is 0 Å². The number of nitrogens with one attached hydrogen (secondary N) is 1. The van der Waals surface area contributed by atoms with Crippen molar-refractivity contribution in [3.8, 4) is 0 Å². The van der Waals surface area contributed by atoms with Gasteiger partial charge in [-0.05, 0) is 36.5 Å². The smallest absolute Gasteiger partial charge is 0.475 e. The predicted octanol–water partition coefficient (Wildman–Crippen LogP) is 2.04. The topological polar surface area (TPSA) is 89.9 Å². The monoisotopic (exact) mass is 382 g/mol. The van der Waals surface area contributed by atoms with E-state index in [4.69, 9.17) is 15.0 Å². The van der Waals surface area contributed by atoms with Gasteiger partial charge in [0.15, 0.2) is 0 Å². The van der Waals surface area contributed by atoms with Crippen molar-refractivity contribution in [3.05, 3.63) is 34.5 Å². The molecule has 1 aromatic heterocycles. The zero-order valence-corrected chi connectivity index (χ0v) is 14.7. The first-order chi connectivity index (χ1) is 11.5. The summed E-state index contributed by atoms with van der Waals surface area (Å²) < 4.78 is 31.7. The quantitative estimate of drug-likeness (QED) is 0.628. The Balaban J connectivity index is 0.000000697. The van der Waals surface area contributed by atoms with Crippen molar-refractivity contribution in [1.29, 1.82) is 0 Å². The van der Waals surface area contributed by atoms with E-state index >= 15 is 0 Å². The molecule has 1 heterocycles. The highest BCUT2D eigenvalue weighted by atomic mass is 32.1. The number of carbonyl (C=O) groups is 2. The van der Waals surface area contributed by atoms with Gasteiger partial charge in [-0.2, -0.15) is 24.5 Å². The van der Waals surface area contributed by atoms with E-state index in [2.05, 4.69) is 28.2 Å². The van der Waals surface area contributed by atoms with Gasteiger partial charge in [-0.25, -0.2) is 4.79 Å². The van der Waals surface area contributed by atoms with E-state index in [1.807, 2.05) is 19.5 Å². The Bertz CT molecular complexity index is 560. The highest BCUT2D eigenvalue weighted by Crippen LogP contribution is 2.20. The molecule has 10 heteroatoms. The number of nitrogens with zero attached hydrogens (tertiary/aromatic N) is 1. The number of hydrogen-bond acceptors (Lipinski definition) is 5. The third-order valence-corrected chi connectivity index (χ3v) is 3.69. The minimum absolute atomic E-state index is 0.0477. The SMILES string of the molecule is C=C(CCO)C(=O)NCC(c1ccsc1)N(C)C.O=C(O)C(F)(F)F. The predicted molar refractivity (Wildman–Crippen MR) is 88.3 cm³/mol. The summed E-state index contributed by atoms with van der Waals surface area (Å²) in [4.78, 5) is 22.7. The van der Waals surface area contributed by atoms with Crippen molar-refractivity contribution in [2.24, 2.45) is 0 Å². The first-order valence-electron chi connectivity index (χ1n) is 7.06. The van der Waals surface area contributed by atoms with Crippen molar-refractivity contribution in [3.63, 3.8) is 0 Å². The van der Waals surface area contributed by atoms with E-state index in [0.717, 1.165) is 0 Å². The molecular formula is C15H21F3N2O4S. The molecule has 1 rings (SSSR count). The first-order valence-corrected chi connectivity index (χ1v) is 8.00. The van der Waals surface area contributed by atoms with E-state index in [1.54, 1.807) is 11.3 Å². The molecule has 6 nitrogen and oxygen atoms in total. The lowest BCUT2D eigenvalue weighted by Crippen LogP contribution is -2.35. The molecule has 0 saturated heterocycles. The first kappa shape index (κ1) is 23.1. The number of carboxylic acid groups (broad SMARTS) is 1. The Labute approximate surface area is 147 Å². The fraction of sp³-hybridized carbons (Fsp3) is 0.467. The van der Waals surface area contributed by atoms with E-state index in [9.17, 15) is 18.0 Å². The number of aliphatic hydroxyl groups excluding tert-OH is 1. The van der Waals surface area contributed by atoms with Crippen molar-refractivity contribution in [2.45, 2.75) is 18.6 Å². The zero-order valence-electron chi connectivity index (χ0n) is 13.8. The molecule has 0 bridgehead atoms. The molecule has 1 atom stereocenters. The zero-order chi connectivity index (χ0) is 19.6. The number of aliphatic carboxylic acids is 1. The summed E-state index contributed by atoms with van der Waals surface area (Å²) in [5, 5.41) is 22.8. The third-order valence-electron chi connectivity index (χ3n) is 2.98.